The molecule has 0 spiro atoms. The lowest BCUT2D eigenvalue weighted by atomic mass is 10.1. The van der Waals surface area contributed by atoms with Gasteiger partial charge in [0.05, 0.1) is 11.3 Å². The quantitative estimate of drug-likeness (QED) is 0.934. The predicted octanol–water partition coefficient (Wildman–Crippen LogP) is 2.97. The number of nitrogen functional groups attached to an aromatic ring is 1. The second-order valence-corrected chi connectivity index (χ2v) is 5.61. The van der Waals surface area contributed by atoms with Crippen LogP contribution in [0.4, 0.5) is 5.13 Å². The molecule has 0 saturated heterocycles. The second kappa shape index (κ2) is 5.57. The lowest BCUT2D eigenvalue weighted by Gasteiger charge is -2.13. The number of nitrogens with zero attached hydrogens (tertiary/aromatic N) is 2. The zero-order valence-corrected chi connectivity index (χ0v) is 12.4. The Hall–Kier alpha value is -1.62. The second-order valence-electron chi connectivity index (χ2n) is 4.73. The molecule has 0 radical (unpaired) electrons. The molecule has 2 aromatic heterocycles. The third-order valence-electron chi connectivity index (χ3n) is 3.22. The summed E-state index contributed by atoms with van der Waals surface area (Å²) in [5.74, 6) is 0. The van der Waals surface area contributed by atoms with Crippen LogP contribution in [0.3, 0.4) is 0 Å². The van der Waals surface area contributed by atoms with E-state index in [9.17, 15) is 4.79 Å². The molecule has 2 aromatic rings. The molecule has 102 valence electrons. The molecule has 4 nitrogen and oxygen atoms in total. The van der Waals surface area contributed by atoms with Gasteiger partial charge in [0.25, 0.3) is 5.56 Å². The van der Waals surface area contributed by atoms with Crippen LogP contribution < -0.4 is 11.3 Å². The van der Waals surface area contributed by atoms with E-state index in [0.717, 1.165) is 30.6 Å². The highest BCUT2D eigenvalue weighted by molar-refractivity contribution is 7.13. The topological polar surface area (TPSA) is 60.9 Å². The molecule has 0 unspecified atom stereocenters. The van der Waals surface area contributed by atoms with E-state index in [1.54, 1.807) is 0 Å². The number of nitrogens with two attached hydrogens (primary N) is 1. The minimum Gasteiger partial charge on any atom is -0.375 e. The highest BCUT2D eigenvalue weighted by atomic mass is 32.1. The number of hydrogen-bond donors (Lipinski definition) is 1. The average Bonchev–Trinajstić information content (AvgIpc) is 2.75. The third kappa shape index (κ3) is 2.71. The number of rotatable bonds is 4. The molecule has 0 fully saturated rings. The van der Waals surface area contributed by atoms with E-state index in [1.807, 2.05) is 29.9 Å². The van der Waals surface area contributed by atoms with Crippen LogP contribution in [0.25, 0.3) is 11.3 Å². The summed E-state index contributed by atoms with van der Waals surface area (Å²) >= 11 is 1.36. The van der Waals surface area contributed by atoms with Crippen LogP contribution in [-0.2, 0) is 6.54 Å². The third-order valence-corrected chi connectivity index (χ3v) is 3.89. The van der Waals surface area contributed by atoms with Gasteiger partial charge in [-0.15, -0.1) is 11.3 Å². The highest BCUT2D eigenvalue weighted by Crippen LogP contribution is 2.23. The van der Waals surface area contributed by atoms with Crippen LogP contribution >= 0.6 is 11.3 Å². The Labute approximate surface area is 116 Å². The Morgan fingerprint density at radius 2 is 2.16 bits per heavy atom. The molecule has 2 rings (SSSR count). The van der Waals surface area contributed by atoms with Gasteiger partial charge in [-0.1, -0.05) is 13.3 Å². The van der Waals surface area contributed by atoms with Gasteiger partial charge >= 0.3 is 0 Å². The first-order valence-electron chi connectivity index (χ1n) is 6.47. The summed E-state index contributed by atoms with van der Waals surface area (Å²) in [6.07, 6.45) is 2.07. The summed E-state index contributed by atoms with van der Waals surface area (Å²) in [4.78, 5) is 16.8. The van der Waals surface area contributed by atoms with Crippen LogP contribution in [-0.4, -0.2) is 9.55 Å². The van der Waals surface area contributed by atoms with E-state index in [1.165, 1.54) is 11.3 Å². The first-order chi connectivity index (χ1) is 9.04. The van der Waals surface area contributed by atoms with Crippen molar-refractivity contribution in [1.82, 2.24) is 9.55 Å². The maximum atomic E-state index is 12.6. The van der Waals surface area contributed by atoms with Gasteiger partial charge in [0, 0.05) is 17.6 Å². The van der Waals surface area contributed by atoms with Gasteiger partial charge in [-0.3, -0.25) is 4.79 Å². The van der Waals surface area contributed by atoms with Crippen LogP contribution in [0, 0.1) is 13.8 Å². The van der Waals surface area contributed by atoms with Gasteiger partial charge in [0.2, 0.25) is 0 Å². The standard InChI is InChI=1S/C14H19N3OS/c1-4-5-6-17-10(3)7-9(2)12(13(17)18)11-8-19-14(15)16-11/h7-8H,4-6H2,1-3H3,(H2,15,16). The number of aromatic nitrogens is 2. The first kappa shape index (κ1) is 13.8. The van der Waals surface area contributed by atoms with Gasteiger partial charge in [0.1, 0.15) is 0 Å². The number of unbranched alkanes of at least 4 members (excludes halogenated alkanes) is 1. The van der Waals surface area contributed by atoms with E-state index in [4.69, 9.17) is 5.73 Å². The van der Waals surface area contributed by atoms with Crippen molar-refractivity contribution in [3.8, 4) is 11.3 Å². The number of pyridine rings is 1. The van der Waals surface area contributed by atoms with Crippen molar-refractivity contribution in [1.29, 1.82) is 0 Å². The number of anilines is 1. The van der Waals surface area contributed by atoms with Gasteiger partial charge in [0.15, 0.2) is 5.13 Å². The molecule has 0 aromatic carbocycles. The Kier molecular flexibility index (Phi) is 4.04. The number of thiazole rings is 1. The van der Waals surface area contributed by atoms with Gasteiger partial charge in [-0.05, 0) is 31.9 Å². The van der Waals surface area contributed by atoms with E-state index in [0.29, 0.717) is 16.4 Å². The Morgan fingerprint density at radius 3 is 2.74 bits per heavy atom. The monoisotopic (exact) mass is 277 g/mol. The van der Waals surface area contributed by atoms with E-state index >= 15 is 0 Å². The highest BCUT2D eigenvalue weighted by Gasteiger charge is 2.14. The molecule has 5 heteroatoms. The van der Waals surface area contributed by atoms with Crippen LogP contribution in [0.15, 0.2) is 16.2 Å². The minimum absolute atomic E-state index is 0.0382. The fraction of sp³-hybridized carbons (Fsp3) is 0.429. The zero-order valence-electron chi connectivity index (χ0n) is 11.6. The van der Waals surface area contributed by atoms with Gasteiger partial charge < -0.3 is 10.3 Å². The molecule has 0 aliphatic rings. The summed E-state index contributed by atoms with van der Waals surface area (Å²) in [7, 11) is 0. The van der Waals surface area contributed by atoms with Gasteiger partial charge in [-0.2, -0.15) is 0 Å². The molecule has 0 saturated carbocycles. The van der Waals surface area contributed by atoms with Crippen LogP contribution in [0.2, 0.25) is 0 Å². The molecule has 0 bridgehead atoms. The fourth-order valence-corrected chi connectivity index (χ4v) is 2.79. The Bertz CT molecular complexity index is 643. The lowest BCUT2D eigenvalue weighted by Crippen LogP contribution is -2.25. The normalized spacial score (nSPS) is 10.9. The SMILES string of the molecule is CCCCn1c(C)cc(C)c(-c2csc(N)n2)c1=O. The molecule has 19 heavy (non-hydrogen) atoms. The Balaban J connectivity index is 2.58. The first-order valence-corrected chi connectivity index (χ1v) is 7.35. The van der Waals surface area contributed by atoms with Crippen LogP contribution in [0.1, 0.15) is 31.0 Å². The predicted molar refractivity (Wildman–Crippen MR) is 80.6 cm³/mol. The summed E-state index contributed by atoms with van der Waals surface area (Å²) in [5.41, 5.74) is 9.03. The average molecular weight is 277 g/mol. The van der Waals surface area contributed by atoms with Crippen molar-refractivity contribution in [2.45, 2.75) is 40.2 Å². The molecular weight excluding hydrogens is 258 g/mol. The van der Waals surface area contributed by atoms with Crippen molar-refractivity contribution >= 4 is 16.5 Å². The zero-order chi connectivity index (χ0) is 14.0. The van der Waals surface area contributed by atoms with Crippen molar-refractivity contribution in [2.24, 2.45) is 0 Å². The summed E-state index contributed by atoms with van der Waals surface area (Å²) < 4.78 is 1.83. The summed E-state index contributed by atoms with van der Waals surface area (Å²) in [6.45, 7) is 6.80. The number of hydrogen-bond acceptors (Lipinski definition) is 4. The largest absolute Gasteiger partial charge is 0.375 e. The number of aryl methyl sites for hydroxylation is 2. The maximum Gasteiger partial charge on any atom is 0.260 e. The Morgan fingerprint density at radius 1 is 1.42 bits per heavy atom. The molecule has 2 N–H and O–H groups in total. The maximum absolute atomic E-state index is 12.6. The fourth-order valence-electron chi connectivity index (χ4n) is 2.24. The van der Waals surface area contributed by atoms with E-state index < -0.39 is 0 Å². The molecule has 0 aliphatic heterocycles. The molecule has 0 amide bonds. The van der Waals surface area contributed by atoms with Crippen LogP contribution in [0.5, 0.6) is 0 Å². The molecular formula is C14H19N3OS. The minimum atomic E-state index is 0.0382. The van der Waals surface area contributed by atoms with Crippen molar-refractivity contribution < 1.29 is 0 Å². The summed E-state index contributed by atoms with van der Waals surface area (Å²) in [6, 6.07) is 2.04. The van der Waals surface area contributed by atoms with Crippen molar-refractivity contribution in [3.63, 3.8) is 0 Å². The van der Waals surface area contributed by atoms with Crippen molar-refractivity contribution in [2.75, 3.05) is 5.73 Å². The molecule has 0 aliphatic carbocycles. The van der Waals surface area contributed by atoms with Gasteiger partial charge in [-0.25, -0.2) is 4.98 Å². The van der Waals surface area contributed by atoms with E-state index in [-0.39, 0.29) is 5.56 Å². The molecule has 2 heterocycles. The van der Waals surface area contributed by atoms with Crippen molar-refractivity contribution in [3.05, 3.63) is 33.1 Å². The van der Waals surface area contributed by atoms with E-state index in [2.05, 4.69) is 11.9 Å². The smallest absolute Gasteiger partial charge is 0.260 e. The lowest BCUT2D eigenvalue weighted by molar-refractivity contribution is 0.599. The summed E-state index contributed by atoms with van der Waals surface area (Å²) in [5, 5.41) is 2.34. The molecule has 0 atom stereocenters.